The van der Waals surface area contributed by atoms with Crippen molar-refractivity contribution in [1.82, 2.24) is 4.90 Å². The Morgan fingerprint density at radius 2 is 1.53 bits per heavy atom. The van der Waals surface area contributed by atoms with Crippen LogP contribution in [0.5, 0.6) is 0 Å². The van der Waals surface area contributed by atoms with Crippen molar-refractivity contribution in [2.24, 2.45) is 5.41 Å². The number of benzene rings is 1. The molecule has 0 bridgehead atoms. The lowest BCUT2D eigenvalue weighted by atomic mass is 9.74. The van der Waals surface area contributed by atoms with Crippen LogP contribution in [0.1, 0.15) is 31.2 Å². The van der Waals surface area contributed by atoms with Crippen LogP contribution in [0.15, 0.2) is 30.3 Å². The smallest absolute Gasteiger partial charge is 0.0233 e. The van der Waals surface area contributed by atoms with Gasteiger partial charge in [-0.2, -0.15) is 0 Å². The summed E-state index contributed by atoms with van der Waals surface area (Å²) >= 11 is 11.9. The van der Waals surface area contributed by atoms with E-state index >= 15 is 0 Å². The molecule has 1 aromatic carbocycles. The van der Waals surface area contributed by atoms with Gasteiger partial charge in [-0.05, 0) is 49.8 Å². The molecule has 1 nitrogen and oxygen atoms in total. The fraction of sp³-hybridized carbons (Fsp3) is 0.625. The van der Waals surface area contributed by atoms with E-state index in [1.807, 2.05) is 0 Å². The summed E-state index contributed by atoms with van der Waals surface area (Å²) in [6.07, 6.45) is 4.69. The predicted molar refractivity (Wildman–Crippen MR) is 84.1 cm³/mol. The lowest BCUT2D eigenvalue weighted by Crippen LogP contribution is -2.40. The van der Waals surface area contributed by atoms with Crippen LogP contribution in [0.2, 0.25) is 0 Å². The highest BCUT2D eigenvalue weighted by molar-refractivity contribution is 6.18. The van der Waals surface area contributed by atoms with Crippen molar-refractivity contribution in [2.75, 3.05) is 24.8 Å². The Balaban J connectivity index is 1.87. The molecule has 1 aliphatic heterocycles. The number of hydrogen-bond donors (Lipinski definition) is 0. The molecule has 1 saturated heterocycles. The van der Waals surface area contributed by atoms with E-state index in [0.717, 1.165) is 31.1 Å². The molecular weight excluding hydrogens is 277 g/mol. The third-order valence-corrected chi connectivity index (χ3v) is 4.79. The second-order valence-electron chi connectivity index (χ2n) is 5.64. The Morgan fingerprint density at radius 1 is 0.947 bits per heavy atom. The van der Waals surface area contributed by atoms with Gasteiger partial charge in [-0.25, -0.2) is 0 Å². The standard InChI is InChI=1S/C16H23Cl2N/c17-10-6-16(7-11-18)8-12-19(13-9-16)14-15-4-2-1-3-5-15/h1-5H,6-14H2. The van der Waals surface area contributed by atoms with Crippen LogP contribution >= 0.6 is 23.2 Å². The molecule has 106 valence electrons. The molecule has 0 saturated carbocycles. The molecule has 0 unspecified atom stereocenters. The van der Waals surface area contributed by atoms with E-state index in [0.29, 0.717) is 5.41 Å². The minimum absolute atomic E-state index is 0.399. The van der Waals surface area contributed by atoms with E-state index in [-0.39, 0.29) is 0 Å². The highest BCUT2D eigenvalue weighted by Crippen LogP contribution is 2.39. The molecular formula is C16H23Cl2N. The van der Waals surface area contributed by atoms with Gasteiger partial charge in [-0.3, -0.25) is 4.90 Å². The average molecular weight is 300 g/mol. The van der Waals surface area contributed by atoms with Gasteiger partial charge < -0.3 is 0 Å². The Labute approximate surface area is 126 Å². The van der Waals surface area contributed by atoms with Crippen LogP contribution < -0.4 is 0 Å². The SMILES string of the molecule is ClCCC1(CCCl)CCN(Cc2ccccc2)CC1. The third-order valence-electron chi connectivity index (χ3n) is 4.42. The second-order valence-corrected chi connectivity index (χ2v) is 6.40. The van der Waals surface area contributed by atoms with Crippen LogP contribution in [-0.4, -0.2) is 29.7 Å². The molecule has 1 aromatic rings. The molecule has 2 rings (SSSR count). The Morgan fingerprint density at radius 3 is 2.05 bits per heavy atom. The maximum atomic E-state index is 5.97. The molecule has 3 heteroatoms. The monoisotopic (exact) mass is 299 g/mol. The summed E-state index contributed by atoms with van der Waals surface area (Å²) in [5.74, 6) is 1.52. The number of likely N-dealkylation sites (tertiary alicyclic amines) is 1. The highest BCUT2D eigenvalue weighted by atomic mass is 35.5. The van der Waals surface area contributed by atoms with E-state index < -0.39 is 0 Å². The van der Waals surface area contributed by atoms with Crippen molar-refractivity contribution in [3.63, 3.8) is 0 Å². The number of rotatable bonds is 6. The summed E-state index contributed by atoms with van der Waals surface area (Å²) in [6.45, 7) is 3.41. The molecule has 0 atom stereocenters. The van der Waals surface area contributed by atoms with Crippen LogP contribution in [0.3, 0.4) is 0 Å². The summed E-state index contributed by atoms with van der Waals surface area (Å²) in [5.41, 5.74) is 1.81. The van der Waals surface area contributed by atoms with Crippen LogP contribution in [0.4, 0.5) is 0 Å². The van der Waals surface area contributed by atoms with Crippen molar-refractivity contribution < 1.29 is 0 Å². The van der Waals surface area contributed by atoms with Crippen LogP contribution in [0.25, 0.3) is 0 Å². The number of piperidine rings is 1. The van der Waals surface area contributed by atoms with Gasteiger partial charge in [-0.1, -0.05) is 30.3 Å². The summed E-state index contributed by atoms with van der Waals surface area (Å²) in [4.78, 5) is 2.55. The molecule has 1 aliphatic rings. The Kier molecular flexibility index (Phi) is 6.00. The second kappa shape index (κ2) is 7.52. The lowest BCUT2D eigenvalue weighted by molar-refractivity contribution is 0.0923. The van der Waals surface area contributed by atoms with Gasteiger partial charge in [0.15, 0.2) is 0 Å². The summed E-state index contributed by atoms with van der Waals surface area (Å²) < 4.78 is 0. The molecule has 1 heterocycles. The van der Waals surface area contributed by atoms with Gasteiger partial charge in [0.2, 0.25) is 0 Å². The first kappa shape index (κ1) is 15.2. The minimum atomic E-state index is 0.399. The normalized spacial score (nSPS) is 19.5. The largest absolute Gasteiger partial charge is 0.299 e. The van der Waals surface area contributed by atoms with Gasteiger partial charge in [0.1, 0.15) is 0 Å². The van der Waals surface area contributed by atoms with Gasteiger partial charge in [0.05, 0.1) is 0 Å². The fourth-order valence-electron chi connectivity index (χ4n) is 3.05. The predicted octanol–water partition coefficient (Wildman–Crippen LogP) is 4.53. The Bertz CT molecular complexity index is 350. The molecule has 0 amide bonds. The molecule has 0 radical (unpaired) electrons. The van der Waals surface area contributed by atoms with Crippen molar-refractivity contribution in [3.05, 3.63) is 35.9 Å². The fourth-order valence-corrected chi connectivity index (χ4v) is 3.85. The average Bonchev–Trinajstić information content (AvgIpc) is 2.43. The van der Waals surface area contributed by atoms with Gasteiger partial charge in [0, 0.05) is 18.3 Å². The topological polar surface area (TPSA) is 3.24 Å². The number of halogens is 2. The first-order chi connectivity index (χ1) is 9.28. The molecule has 0 aliphatic carbocycles. The van der Waals surface area contributed by atoms with Crippen LogP contribution in [0, 0.1) is 5.41 Å². The number of nitrogens with zero attached hydrogens (tertiary/aromatic N) is 1. The zero-order valence-electron chi connectivity index (χ0n) is 11.5. The zero-order valence-corrected chi connectivity index (χ0v) is 13.0. The third kappa shape index (κ3) is 4.37. The molecule has 0 aromatic heterocycles. The van der Waals surface area contributed by atoms with E-state index in [1.165, 1.54) is 31.5 Å². The van der Waals surface area contributed by atoms with Gasteiger partial charge in [-0.15, -0.1) is 23.2 Å². The van der Waals surface area contributed by atoms with Crippen molar-refractivity contribution >= 4 is 23.2 Å². The Hall–Kier alpha value is -0.240. The summed E-state index contributed by atoms with van der Waals surface area (Å²) in [6, 6.07) is 10.7. The van der Waals surface area contributed by atoms with E-state index in [1.54, 1.807) is 0 Å². The summed E-state index contributed by atoms with van der Waals surface area (Å²) in [5, 5.41) is 0. The molecule has 0 spiro atoms. The quantitative estimate of drug-likeness (QED) is 0.698. The molecule has 19 heavy (non-hydrogen) atoms. The van der Waals surface area contributed by atoms with Crippen molar-refractivity contribution in [3.8, 4) is 0 Å². The molecule has 0 N–H and O–H groups in total. The van der Waals surface area contributed by atoms with Gasteiger partial charge >= 0.3 is 0 Å². The lowest BCUT2D eigenvalue weighted by Gasteiger charge is -2.41. The first-order valence-corrected chi connectivity index (χ1v) is 8.23. The summed E-state index contributed by atoms with van der Waals surface area (Å²) in [7, 11) is 0. The minimum Gasteiger partial charge on any atom is -0.299 e. The maximum Gasteiger partial charge on any atom is 0.0233 e. The van der Waals surface area contributed by atoms with E-state index in [2.05, 4.69) is 35.2 Å². The van der Waals surface area contributed by atoms with Crippen LogP contribution in [-0.2, 0) is 6.54 Å². The number of hydrogen-bond acceptors (Lipinski definition) is 1. The van der Waals surface area contributed by atoms with Crippen molar-refractivity contribution in [2.45, 2.75) is 32.2 Å². The van der Waals surface area contributed by atoms with E-state index in [9.17, 15) is 0 Å². The van der Waals surface area contributed by atoms with Crippen molar-refractivity contribution in [1.29, 1.82) is 0 Å². The first-order valence-electron chi connectivity index (χ1n) is 7.16. The molecule has 1 fully saturated rings. The maximum absolute atomic E-state index is 5.97. The zero-order chi connectivity index (χ0) is 13.6. The van der Waals surface area contributed by atoms with Gasteiger partial charge in [0.25, 0.3) is 0 Å². The van der Waals surface area contributed by atoms with E-state index in [4.69, 9.17) is 23.2 Å². The number of alkyl halides is 2. The highest BCUT2D eigenvalue weighted by Gasteiger charge is 2.33.